The molecule has 0 saturated carbocycles. The van der Waals surface area contributed by atoms with Crippen LogP contribution >= 0.6 is 0 Å². The van der Waals surface area contributed by atoms with Gasteiger partial charge in [0.15, 0.2) is 0 Å². The molecule has 12 heavy (non-hydrogen) atoms. The van der Waals surface area contributed by atoms with Crippen LogP contribution in [0.2, 0.25) is 0 Å². The van der Waals surface area contributed by atoms with Crippen LogP contribution in [0.1, 0.15) is 0 Å². The molecule has 0 N–H and O–H groups in total. The Morgan fingerprint density at radius 2 is 1.42 bits per heavy atom. The van der Waals surface area contributed by atoms with Crippen molar-refractivity contribution in [3.05, 3.63) is 54.6 Å². The Hall–Kier alpha value is -0.261. The molecule has 2 rings (SSSR count). The minimum atomic E-state index is 0. The summed E-state index contributed by atoms with van der Waals surface area (Å²) in [4.78, 5) is 0. The summed E-state index contributed by atoms with van der Waals surface area (Å²) >= 11 is 3.68. The normalized spacial score (nSPS) is 7.75. The van der Waals surface area contributed by atoms with Crippen molar-refractivity contribution in [1.82, 2.24) is 0 Å². The molecule has 0 spiro atoms. The van der Waals surface area contributed by atoms with E-state index in [4.69, 9.17) is 0 Å². The van der Waals surface area contributed by atoms with Crippen LogP contribution in [-0.4, -0.2) is 0 Å². The Labute approximate surface area is 92.0 Å². The second-order valence-electron chi connectivity index (χ2n) is 2.05. The van der Waals surface area contributed by atoms with Gasteiger partial charge in [-0.3, -0.25) is 0 Å². The van der Waals surface area contributed by atoms with Crippen molar-refractivity contribution in [1.29, 1.82) is 0 Å². The van der Waals surface area contributed by atoms with E-state index in [0.29, 0.717) is 0 Å². The average Bonchev–Trinajstić information content (AvgIpc) is 2.57. The van der Waals surface area contributed by atoms with Gasteiger partial charge in [-0.1, -0.05) is 0 Å². The van der Waals surface area contributed by atoms with Crippen LogP contribution < -0.4 is 4.46 Å². The molecule has 0 fully saturated rings. The van der Waals surface area contributed by atoms with Crippen LogP contribution in [0.25, 0.3) is 0 Å². The summed E-state index contributed by atoms with van der Waals surface area (Å²) in [6.07, 6.45) is 0. The molecule has 0 bridgehead atoms. The average molecular weight is 241 g/mol. The molecule has 0 amide bonds. The molecule has 0 nitrogen and oxygen atoms in total. The molecular formula is C10H9Fe2. The maximum Gasteiger partial charge on any atom is -0.172 e. The summed E-state index contributed by atoms with van der Waals surface area (Å²) in [6, 6.07) is 17.9. The molecule has 0 aliphatic rings. The maximum absolute atomic E-state index is 3.68. The molecule has 2 aromatic rings. The van der Waals surface area contributed by atoms with E-state index in [1.165, 1.54) is 0 Å². The third-order valence-electron chi connectivity index (χ3n) is 1.17. The van der Waals surface area contributed by atoms with Crippen molar-refractivity contribution in [2.75, 3.05) is 0 Å². The first-order chi connectivity index (χ1) is 5.39. The van der Waals surface area contributed by atoms with Gasteiger partial charge in [-0.15, -0.1) is 0 Å². The molecule has 0 heterocycles. The maximum atomic E-state index is 3.68. The quantitative estimate of drug-likeness (QED) is 0.488. The van der Waals surface area contributed by atoms with Gasteiger partial charge in [-0.25, -0.2) is 12.1 Å². The van der Waals surface area contributed by atoms with E-state index in [-0.39, 0.29) is 17.1 Å². The fraction of sp³-hybridized carbons (Fsp3) is 0. The molecule has 0 unspecified atom stereocenters. The van der Waals surface area contributed by atoms with Crippen molar-refractivity contribution in [2.24, 2.45) is 0 Å². The smallest absolute Gasteiger partial charge is 0.172 e. The summed E-state index contributed by atoms with van der Waals surface area (Å²) < 4.78 is 1.09. The summed E-state index contributed by atoms with van der Waals surface area (Å²) in [6.45, 7) is 0. The van der Waals surface area contributed by atoms with E-state index in [2.05, 4.69) is 16.0 Å². The first kappa shape index (κ1) is 11.7. The summed E-state index contributed by atoms with van der Waals surface area (Å²) in [7, 11) is 0. The van der Waals surface area contributed by atoms with Gasteiger partial charge in [-0.05, 0) is 0 Å². The minimum absolute atomic E-state index is 0. The van der Waals surface area contributed by atoms with E-state index >= 15 is 0 Å². The minimum Gasteiger partial charge on any atom is -0.214 e. The Morgan fingerprint density at radius 3 is 1.58 bits per heavy atom. The van der Waals surface area contributed by atoms with Crippen LogP contribution in [0.15, 0.2) is 54.6 Å². The number of hydrogen-bond acceptors (Lipinski definition) is 0. The van der Waals surface area contributed by atoms with Gasteiger partial charge >= 0.3 is 61.8 Å². The summed E-state index contributed by atoms with van der Waals surface area (Å²) in [5.74, 6) is 0. The van der Waals surface area contributed by atoms with Gasteiger partial charge in [0.1, 0.15) is 0 Å². The van der Waals surface area contributed by atoms with E-state index in [0.717, 1.165) is 4.46 Å². The molecule has 0 atom stereocenters. The van der Waals surface area contributed by atoms with E-state index in [9.17, 15) is 0 Å². The molecule has 0 aliphatic carbocycles. The molecular weight excluding hydrogens is 232 g/mol. The van der Waals surface area contributed by atoms with E-state index < -0.39 is 0 Å². The zero-order chi connectivity index (χ0) is 7.94. The largest absolute Gasteiger partial charge is 0.214 e. The molecule has 0 aliphatic heterocycles. The van der Waals surface area contributed by atoms with Crippen LogP contribution in [0.5, 0.6) is 0 Å². The zero-order valence-electron chi connectivity index (χ0n) is 6.40. The Bertz CT molecular complexity index is 226. The molecule has 0 aromatic heterocycles. The van der Waals surface area contributed by atoms with Gasteiger partial charge in [0.25, 0.3) is 0 Å². The fourth-order valence-corrected chi connectivity index (χ4v) is 0.879. The zero-order valence-corrected chi connectivity index (χ0v) is 8.61. The molecule has 2 heteroatoms. The van der Waals surface area contributed by atoms with Crippen molar-refractivity contribution in [3.63, 3.8) is 0 Å². The second kappa shape index (κ2) is 7.39. The Kier molecular flexibility index (Phi) is 7.23. The molecule has 0 saturated heterocycles. The van der Waals surface area contributed by atoms with Crippen molar-refractivity contribution >= 4 is 4.46 Å². The van der Waals surface area contributed by atoms with Crippen molar-refractivity contribution in [3.8, 4) is 0 Å². The Morgan fingerprint density at radius 1 is 0.917 bits per heavy atom. The Balaban J connectivity index is 0.000000189. The van der Waals surface area contributed by atoms with Crippen LogP contribution in [0.4, 0.5) is 0 Å². The number of hydrogen-bond donors (Lipinski definition) is 0. The monoisotopic (exact) mass is 241 g/mol. The first-order valence-electron chi connectivity index (χ1n) is 3.42. The first-order valence-corrected chi connectivity index (χ1v) is 3.97. The number of rotatable bonds is 0. The van der Waals surface area contributed by atoms with Crippen LogP contribution in [0, 0.1) is 0 Å². The van der Waals surface area contributed by atoms with E-state index in [1.54, 1.807) is 0 Å². The van der Waals surface area contributed by atoms with Crippen molar-refractivity contribution in [2.45, 2.75) is 0 Å². The summed E-state index contributed by atoms with van der Waals surface area (Å²) in [5.41, 5.74) is 0. The summed E-state index contributed by atoms with van der Waals surface area (Å²) in [5, 5.41) is 0. The molecule has 0 radical (unpaired) electrons. The van der Waals surface area contributed by atoms with Crippen LogP contribution in [0.3, 0.4) is 0 Å². The predicted molar refractivity (Wildman–Crippen MR) is 43.7 cm³/mol. The van der Waals surface area contributed by atoms with Gasteiger partial charge in [0, 0.05) is 0 Å². The standard InChI is InChI=1S/C5H5.C5H4.2Fe/c2*1-2-4-5-3-1;;/h1-5H;1-4H;;/q2*-1;;+2. The fourth-order valence-electron chi connectivity index (χ4n) is 0.667. The van der Waals surface area contributed by atoms with Gasteiger partial charge in [-0.2, -0.15) is 18.2 Å². The van der Waals surface area contributed by atoms with Crippen LogP contribution in [-0.2, 0) is 33.1 Å². The van der Waals surface area contributed by atoms with Gasteiger partial charge in [0.2, 0.25) is 0 Å². The van der Waals surface area contributed by atoms with Gasteiger partial charge in [0.05, 0.1) is 0 Å². The molecule has 2 aromatic carbocycles. The second-order valence-corrected chi connectivity index (χ2v) is 2.69. The predicted octanol–water partition coefficient (Wildman–Crippen LogP) is 1.98. The van der Waals surface area contributed by atoms with Crippen molar-refractivity contribution < 1.29 is 33.1 Å². The molecule has 65 valence electrons. The SMILES string of the molecule is [Fe+2].[Fe][c-]1cccc1.c1cc[cH-]c1. The third-order valence-corrected chi connectivity index (χ3v) is 1.54. The topological polar surface area (TPSA) is 0 Å². The van der Waals surface area contributed by atoms with Gasteiger partial charge < -0.3 is 0 Å². The third kappa shape index (κ3) is 5.40. The van der Waals surface area contributed by atoms with E-state index in [1.807, 2.05) is 54.6 Å².